The Morgan fingerprint density at radius 3 is 1.78 bits per heavy atom. The van der Waals surface area contributed by atoms with Crippen LogP contribution in [0.4, 0.5) is 0 Å². The molecular weight excluding hydrogens is 183 g/mol. The van der Waals surface area contributed by atoms with Crippen molar-refractivity contribution in [3.05, 3.63) is 0 Å². The quantitative estimate of drug-likeness (QED) is 0.542. The third-order valence-electron chi connectivity index (χ3n) is 1.80. The zero-order valence-electron chi connectivity index (χ0n) is 5.47. The van der Waals surface area contributed by atoms with E-state index in [0.29, 0.717) is 0 Å². The summed E-state index contributed by atoms with van der Waals surface area (Å²) in [5.74, 6) is 0. The standard InChI is InChI=1S/C6H12O2Se/c1-3-7-9(5-1)6-2-4-8-9/h1-6H2. The zero-order valence-corrected chi connectivity index (χ0v) is 7.18. The van der Waals surface area contributed by atoms with E-state index in [1.54, 1.807) is 0 Å². The van der Waals surface area contributed by atoms with Crippen molar-refractivity contribution in [2.75, 3.05) is 13.2 Å². The van der Waals surface area contributed by atoms with Gasteiger partial charge in [-0.2, -0.15) is 0 Å². The van der Waals surface area contributed by atoms with Gasteiger partial charge in [0.25, 0.3) is 0 Å². The van der Waals surface area contributed by atoms with Crippen LogP contribution in [0.3, 0.4) is 0 Å². The van der Waals surface area contributed by atoms with Crippen LogP contribution in [0.25, 0.3) is 0 Å². The van der Waals surface area contributed by atoms with Gasteiger partial charge in [-0.1, -0.05) is 0 Å². The maximum atomic E-state index is 5.64. The summed E-state index contributed by atoms with van der Waals surface area (Å²) in [6.45, 7) is 1.94. The fourth-order valence-corrected chi connectivity index (χ4v) is 7.02. The molecule has 0 aliphatic carbocycles. The van der Waals surface area contributed by atoms with Gasteiger partial charge < -0.3 is 0 Å². The SMILES string of the molecule is C1CO[Se]2(C1)CCCO2. The maximum absolute atomic E-state index is 5.64. The fourth-order valence-electron chi connectivity index (χ4n) is 1.35. The third kappa shape index (κ3) is 1.03. The monoisotopic (exact) mass is 196 g/mol. The third-order valence-corrected chi connectivity index (χ3v) is 8.12. The molecule has 0 amide bonds. The van der Waals surface area contributed by atoms with Gasteiger partial charge in [-0.3, -0.25) is 0 Å². The molecule has 1 spiro atoms. The summed E-state index contributed by atoms with van der Waals surface area (Å²) in [6.07, 6.45) is 2.50. The average Bonchev–Trinajstić information content (AvgIpc) is 2.45. The van der Waals surface area contributed by atoms with Gasteiger partial charge in [0.2, 0.25) is 0 Å². The summed E-state index contributed by atoms with van der Waals surface area (Å²) in [6, 6.07) is 0. The molecule has 0 radical (unpaired) electrons. The van der Waals surface area contributed by atoms with E-state index in [4.69, 9.17) is 7.64 Å². The van der Waals surface area contributed by atoms with Crippen LogP contribution in [-0.2, 0) is 7.64 Å². The summed E-state index contributed by atoms with van der Waals surface area (Å²) in [5, 5.41) is 2.55. The van der Waals surface area contributed by atoms with Crippen molar-refractivity contribution in [3.63, 3.8) is 0 Å². The van der Waals surface area contributed by atoms with Crippen molar-refractivity contribution >= 4 is 13.5 Å². The van der Waals surface area contributed by atoms with Crippen LogP contribution in [-0.4, -0.2) is 26.7 Å². The zero-order chi connectivity index (χ0) is 6.16. The van der Waals surface area contributed by atoms with Crippen LogP contribution in [0, 0.1) is 0 Å². The van der Waals surface area contributed by atoms with Crippen LogP contribution < -0.4 is 0 Å². The molecule has 9 heavy (non-hydrogen) atoms. The molecule has 2 nitrogen and oxygen atoms in total. The number of rotatable bonds is 0. The minimum atomic E-state index is -1.64. The van der Waals surface area contributed by atoms with Crippen LogP contribution in [0.2, 0.25) is 10.6 Å². The molecule has 0 bridgehead atoms. The summed E-state index contributed by atoms with van der Waals surface area (Å²) >= 11 is -1.64. The Morgan fingerprint density at radius 2 is 1.44 bits per heavy atom. The second kappa shape index (κ2) is 2.24. The first-order valence-electron chi connectivity index (χ1n) is 3.49. The first kappa shape index (κ1) is 6.17. The number of hydrogen-bond donors (Lipinski definition) is 0. The molecular formula is C6H12O2Se. The van der Waals surface area contributed by atoms with Gasteiger partial charge in [0.1, 0.15) is 0 Å². The van der Waals surface area contributed by atoms with Crippen molar-refractivity contribution in [2.45, 2.75) is 23.5 Å². The molecule has 0 saturated carbocycles. The Bertz CT molecular complexity index is 86.1. The van der Waals surface area contributed by atoms with E-state index >= 15 is 0 Å². The molecule has 2 aliphatic heterocycles. The van der Waals surface area contributed by atoms with E-state index in [1.165, 1.54) is 23.5 Å². The van der Waals surface area contributed by atoms with Gasteiger partial charge in [0, 0.05) is 0 Å². The summed E-state index contributed by atoms with van der Waals surface area (Å²) in [7, 11) is 0. The molecule has 0 N–H and O–H groups in total. The second-order valence-corrected chi connectivity index (χ2v) is 8.33. The van der Waals surface area contributed by atoms with Gasteiger partial charge in [0.15, 0.2) is 0 Å². The summed E-state index contributed by atoms with van der Waals surface area (Å²) in [5.41, 5.74) is 0. The van der Waals surface area contributed by atoms with E-state index < -0.39 is 13.5 Å². The Hall–Kier alpha value is 0.439. The summed E-state index contributed by atoms with van der Waals surface area (Å²) in [4.78, 5) is 0. The normalized spacial score (nSPS) is 35.6. The van der Waals surface area contributed by atoms with Crippen molar-refractivity contribution in [3.8, 4) is 0 Å². The minimum absolute atomic E-state index is 0.972. The Kier molecular flexibility index (Phi) is 1.54. The predicted octanol–water partition coefficient (Wildman–Crippen LogP) is 1.27. The first-order chi connectivity index (χ1) is 4.41. The van der Waals surface area contributed by atoms with Crippen LogP contribution >= 0.6 is 0 Å². The van der Waals surface area contributed by atoms with Crippen molar-refractivity contribution < 1.29 is 7.64 Å². The van der Waals surface area contributed by atoms with Crippen LogP contribution in [0.1, 0.15) is 12.8 Å². The Balaban J connectivity index is 2.04. The van der Waals surface area contributed by atoms with Crippen molar-refractivity contribution in [1.82, 2.24) is 0 Å². The molecule has 2 saturated heterocycles. The van der Waals surface area contributed by atoms with Crippen LogP contribution in [0.15, 0.2) is 0 Å². The van der Waals surface area contributed by atoms with Gasteiger partial charge in [-0.05, 0) is 0 Å². The molecule has 0 unspecified atom stereocenters. The Labute approximate surface area is 58.4 Å². The van der Waals surface area contributed by atoms with Crippen molar-refractivity contribution in [2.24, 2.45) is 0 Å². The average molecular weight is 195 g/mol. The molecule has 2 fully saturated rings. The molecule has 2 heterocycles. The van der Waals surface area contributed by atoms with Gasteiger partial charge in [-0.25, -0.2) is 0 Å². The van der Waals surface area contributed by atoms with E-state index in [0.717, 1.165) is 13.2 Å². The fraction of sp³-hybridized carbons (Fsp3) is 1.00. The van der Waals surface area contributed by atoms with E-state index in [-0.39, 0.29) is 0 Å². The molecule has 2 aliphatic rings. The molecule has 0 aromatic heterocycles. The number of hydrogen-bond acceptors (Lipinski definition) is 2. The van der Waals surface area contributed by atoms with Crippen LogP contribution in [0.5, 0.6) is 0 Å². The van der Waals surface area contributed by atoms with E-state index in [9.17, 15) is 0 Å². The van der Waals surface area contributed by atoms with Gasteiger partial charge >= 0.3 is 57.8 Å². The molecule has 0 aromatic rings. The predicted molar refractivity (Wildman–Crippen MR) is 36.5 cm³/mol. The molecule has 54 valence electrons. The van der Waals surface area contributed by atoms with Gasteiger partial charge in [0.05, 0.1) is 0 Å². The van der Waals surface area contributed by atoms with Gasteiger partial charge in [-0.15, -0.1) is 0 Å². The van der Waals surface area contributed by atoms with E-state index in [1.807, 2.05) is 0 Å². The second-order valence-electron chi connectivity index (χ2n) is 2.50. The van der Waals surface area contributed by atoms with E-state index in [2.05, 4.69) is 0 Å². The molecule has 2 rings (SSSR count). The van der Waals surface area contributed by atoms with Crippen molar-refractivity contribution in [1.29, 1.82) is 0 Å². The topological polar surface area (TPSA) is 18.5 Å². The molecule has 0 atom stereocenters. The Morgan fingerprint density at radius 1 is 0.889 bits per heavy atom. The summed E-state index contributed by atoms with van der Waals surface area (Å²) < 4.78 is 11.3. The molecule has 0 aromatic carbocycles. The molecule has 3 heteroatoms. The first-order valence-corrected chi connectivity index (χ1v) is 7.31.